The second-order valence-corrected chi connectivity index (χ2v) is 18.9. The Kier molecular flexibility index (Phi) is 11.0. The number of pyridine rings is 1. The fourth-order valence-corrected chi connectivity index (χ4v) is 10.4. The first kappa shape index (κ1) is 40.9. The molecule has 4 aromatic rings. The maximum Gasteiger partial charge on any atom is 0.408 e. The highest BCUT2D eigenvalue weighted by atomic mass is 32.2. The van der Waals surface area contributed by atoms with Crippen LogP contribution in [0.3, 0.4) is 0 Å². The lowest BCUT2D eigenvalue weighted by molar-refractivity contribution is -0.141. The average molecular weight is 860 g/mol. The maximum absolute atomic E-state index is 14.9. The number of fused-ring (bicyclic) bond motifs is 6. The van der Waals surface area contributed by atoms with Gasteiger partial charge in [-0.25, -0.2) is 22.6 Å². The predicted octanol–water partition coefficient (Wildman–Crippen LogP) is 6.06. The molecule has 9 rings (SSSR count). The van der Waals surface area contributed by atoms with E-state index in [4.69, 9.17) is 23.6 Å². The van der Waals surface area contributed by atoms with Gasteiger partial charge in [0.25, 0.3) is 5.91 Å². The lowest BCUT2D eigenvalue weighted by Crippen LogP contribution is -2.58. The molecule has 61 heavy (non-hydrogen) atoms. The first-order valence-corrected chi connectivity index (χ1v) is 23.0. The summed E-state index contributed by atoms with van der Waals surface area (Å²) >= 11 is 0. The van der Waals surface area contributed by atoms with Gasteiger partial charge < -0.3 is 34.2 Å². The summed E-state index contributed by atoms with van der Waals surface area (Å²) in [6.45, 7) is 2.19. The highest BCUT2D eigenvalue weighted by molar-refractivity contribution is 7.91. The van der Waals surface area contributed by atoms with E-state index in [1.165, 1.54) is 23.1 Å². The minimum absolute atomic E-state index is 0.0647. The van der Waals surface area contributed by atoms with Crippen molar-refractivity contribution in [3.8, 4) is 11.5 Å². The molecule has 17 heteroatoms. The predicted molar refractivity (Wildman–Crippen MR) is 222 cm³/mol. The minimum Gasteiger partial charge on any atom is -0.494 e. The number of allylic oxidation sites excluding steroid dienone is 1. The number of aromatic nitrogens is 1. The maximum atomic E-state index is 14.9. The number of nitrogens with one attached hydrogen (secondary N) is 3. The fraction of sp³-hybridized carbons (Fsp3) is 0.523. The van der Waals surface area contributed by atoms with Crippen LogP contribution in [-0.4, -0.2) is 90.3 Å². The number of hydrogen-bond acceptors (Lipinski definition) is 11. The Balaban J connectivity index is 1.07. The molecule has 2 aliphatic heterocycles. The van der Waals surface area contributed by atoms with E-state index in [2.05, 4.69) is 15.4 Å². The first-order chi connectivity index (χ1) is 29.4. The topological polar surface area (TPSA) is 195 Å². The third kappa shape index (κ3) is 8.32. The zero-order valence-corrected chi connectivity index (χ0v) is 34.8. The molecule has 4 heterocycles. The fourth-order valence-electron chi connectivity index (χ4n) is 9.08. The number of benzene rings is 2. The summed E-state index contributed by atoms with van der Waals surface area (Å²) in [5, 5.41) is 5.98. The third-order valence-electron chi connectivity index (χ3n) is 12.6. The molecule has 0 unspecified atom stereocenters. The van der Waals surface area contributed by atoms with Gasteiger partial charge in [0.15, 0.2) is 11.3 Å². The second-order valence-electron chi connectivity index (χ2n) is 17.0. The number of alkyl carbamates (subject to hydrolysis) is 1. The number of carbonyl (C=O) groups excluding carboxylic acids is 4. The Morgan fingerprint density at radius 2 is 1.80 bits per heavy atom. The summed E-state index contributed by atoms with van der Waals surface area (Å²) in [6, 6.07) is 7.18. The number of carbonyl (C=O) groups is 4. The van der Waals surface area contributed by atoms with Crippen molar-refractivity contribution in [1.82, 2.24) is 25.2 Å². The van der Waals surface area contributed by atoms with Gasteiger partial charge in [-0.15, -0.1) is 0 Å². The highest BCUT2D eigenvalue weighted by Crippen LogP contribution is 2.47. The minimum atomic E-state index is -3.94. The van der Waals surface area contributed by atoms with E-state index in [1.54, 1.807) is 18.2 Å². The molecule has 3 N–H and O–H groups in total. The van der Waals surface area contributed by atoms with Crippen LogP contribution in [0.25, 0.3) is 33.0 Å². The lowest BCUT2D eigenvalue weighted by Gasteiger charge is -2.30. The Hall–Kier alpha value is -5.45. The summed E-state index contributed by atoms with van der Waals surface area (Å²) in [7, 11) is -3.94. The molecular weight excluding hydrogens is 810 g/mol. The van der Waals surface area contributed by atoms with Gasteiger partial charge in [-0.05, 0) is 108 Å². The Morgan fingerprint density at radius 1 is 1.00 bits per heavy atom. The Bertz CT molecular complexity index is 2540. The number of furan rings is 1. The van der Waals surface area contributed by atoms with E-state index < -0.39 is 74.5 Å². The molecule has 0 spiro atoms. The number of rotatable bonds is 9. The number of sulfonamides is 1. The molecular formula is C44H50FN5O10S. The normalized spacial score (nSPS) is 26.8. The van der Waals surface area contributed by atoms with E-state index in [0.717, 1.165) is 38.5 Å². The molecule has 2 aromatic heterocycles. The summed E-state index contributed by atoms with van der Waals surface area (Å²) in [5.74, 6) is -2.29. The molecule has 5 atom stereocenters. The van der Waals surface area contributed by atoms with Gasteiger partial charge in [0.05, 0.1) is 29.3 Å². The zero-order valence-electron chi connectivity index (χ0n) is 34.0. The van der Waals surface area contributed by atoms with Crippen molar-refractivity contribution in [2.45, 2.75) is 125 Å². The molecule has 15 nitrogen and oxygen atoms in total. The monoisotopic (exact) mass is 859 g/mol. The number of hydrogen-bond donors (Lipinski definition) is 3. The standard InChI is InChI=1S/C44H50FN5O10S/c1-2-57-28-15-19-36-32(21-28)37-39(60-36)38(31-20-26(45)14-18-33(31)46-37)58-29-22-35-40(51)48-44(42(53)49-61(55,56)30-16-17-30)23-25(44)10-6-4-3-5-7-13-34(41(52)50(35)24-29)47-43(54)59-27-11-8-9-12-27/h6,10,14-15,18-21,25,27,29-30,34-35H,2-5,7-9,11-13,16-17,22-24H2,1H3,(H,47,54)(H,48,51)(H,49,53)/b10-6-/t25-,29+,34-,35+,44-/m1/s1. The molecule has 1 saturated heterocycles. The number of amides is 4. The van der Waals surface area contributed by atoms with Crippen LogP contribution >= 0.6 is 0 Å². The van der Waals surface area contributed by atoms with Gasteiger partial charge in [-0.1, -0.05) is 25.0 Å². The van der Waals surface area contributed by atoms with Crippen molar-refractivity contribution in [2.24, 2.45) is 5.92 Å². The van der Waals surface area contributed by atoms with Gasteiger partial charge in [0.2, 0.25) is 21.8 Å². The molecule has 3 saturated carbocycles. The molecule has 4 amide bonds. The largest absolute Gasteiger partial charge is 0.494 e. The molecule has 324 valence electrons. The third-order valence-corrected chi connectivity index (χ3v) is 14.4. The molecule has 3 aliphatic carbocycles. The van der Waals surface area contributed by atoms with Crippen molar-refractivity contribution in [3.63, 3.8) is 0 Å². The smallest absolute Gasteiger partial charge is 0.408 e. The molecule has 4 fully saturated rings. The molecule has 0 radical (unpaired) electrons. The summed E-state index contributed by atoms with van der Waals surface area (Å²) < 4.78 is 67.6. The van der Waals surface area contributed by atoms with Crippen molar-refractivity contribution < 1.29 is 50.6 Å². The van der Waals surface area contributed by atoms with Crippen molar-refractivity contribution in [2.75, 3.05) is 13.2 Å². The average Bonchev–Trinajstić information content (AvgIpc) is 4.05. The van der Waals surface area contributed by atoms with Gasteiger partial charge in [-0.3, -0.25) is 19.1 Å². The van der Waals surface area contributed by atoms with Crippen LogP contribution in [0, 0.1) is 11.7 Å². The van der Waals surface area contributed by atoms with Crippen LogP contribution in [0.1, 0.15) is 90.4 Å². The number of ether oxygens (including phenoxy) is 3. The summed E-state index contributed by atoms with van der Waals surface area (Å²) in [6.07, 6.45) is 9.38. The van der Waals surface area contributed by atoms with Crippen molar-refractivity contribution >= 4 is 66.8 Å². The molecule has 2 aromatic carbocycles. The van der Waals surface area contributed by atoms with Crippen molar-refractivity contribution in [1.29, 1.82) is 0 Å². The SMILES string of the molecule is CCOc1ccc2oc3c(O[C@H]4C[C@H]5C(=O)N[C@]6(C(=O)NS(=O)(=O)C7CC7)C[C@H]6/C=C\CCCCC[C@@H](NC(=O)OC6CCCC6)C(=O)N5C4)c4cc(F)ccc4nc3c2c1. The summed E-state index contributed by atoms with van der Waals surface area (Å²) in [5.41, 5.74) is 0.0164. The van der Waals surface area contributed by atoms with Crippen LogP contribution in [0.5, 0.6) is 11.5 Å². The Labute approximate surface area is 352 Å². The van der Waals surface area contributed by atoms with Crippen LogP contribution in [-0.2, 0) is 29.1 Å². The highest BCUT2D eigenvalue weighted by Gasteiger charge is 2.62. The van der Waals surface area contributed by atoms with Crippen LogP contribution in [0.2, 0.25) is 0 Å². The zero-order chi connectivity index (χ0) is 42.5. The number of nitrogens with zero attached hydrogens (tertiary/aromatic N) is 2. The van der Waals surface area contributed by atoms with E-state index in [0.29, 0.717) is 65.4 Å². The van der Waals surface area contributed by atoms with Crippen molar-refractivity contribution in [3.05, 3.63) is 54.4 Å². The van der Waals surface area contributed by atoms with Gasteiger partial charge >= 0.3 is 6.09 Å². The van der Waals surface area contributed by atoms with E-state index in [1.807, 2.05) is 19.1 Å². The lowest BCUT2D eigenvalue weighted by atomic mass is 10.0. The first-order valence-electron chi connectivity index (χ1n) is 21.5. The van der Waals surface area contributed by atoms with Gasteiger partial charge in [0.1, 0.15) is 52.5 Å². The molecule has 5 aliphatic rings. The summed E-state index contributed by atoms with van der Waals surface area (Å²) in [4.78, 5) is 62.8. The van der Waals surface area contributed by atoms with Gasteiger partial charge in [0, 0.05) is 17.7 Å². The number of halogens is 1. The van der Waals surface area contributed by atoms with E-state index in [-0.39, 0.29) is 43.2 Å². The van der Waals surface area contributed by atoms with Crippen LogP contribution < -0.4 is 24.8 Å². The second kappa shape index (κ2) is 16.4. The van der Waals surface area contributed by atoms with Gasteiger partial charge in [-0.2, -0.15) is 0 Å². The quantitative estimate of drug-likeness (QED) is 0.166. The van der Waals surface area contributed by atoms with Crippen LogP contribution in [0.15, 0.2) is 53.0 Å². The van der Waals surface area contributed by atoms with E-state index in [9.17, 15) is 32.0 Å². The molecule has 0 bridgehead atoms. The van der Waals surface area contributed by atoms with E-state index >= 15 is 0 Å². The Morgan fingerprint density at radius 3 is 2.59 bits per heavy atom. The van der Waals surface area contributed by atoms with Crippen LogP contribution in [0.4, 0.5) is 9.18 Å².